The second kappa shape index (κ2) is 3.33. The zero-order valence-corrected chi connectivity index (χ0v) is 10.6. The van der Waals surface area contributed by atoms with E-state index < -0.39 is 0 Å². The predicted molar refractivity (Wildman–Crippen MR) is 64.4 cm³/mol. The largest absolute Gasteiger partial charge is 0.300 e. The molecule has 2 fully saturated rings. The van der Waals surface area contributed by atoms with Gasteiger partial charge in [0.15, 0.2) is 0 Å². The number of rotatable bonds is 2. The van der Waals surface area contributed by atoms with Crippen molar-refractivity contribution in [3.63, 3.8) is 0 Å². The quantitative estimate of drug-likeness (QED) is 0.756. The van der Waals surface area contributed by atoms with Gasteiger partial charge in [-0.15, -0.1) is 0 Å². The predicted octanol–water partition coefficient (Wildman–Crippen LogP) is 1.78. The van der Waals surface area contributed by atoms with Crippen LogP contribution in [0.1, 0.15) is 31.2 Å². The van der Waals surface area contributed by atoms with Crippen molar-refractivity contribution in [2.75, 3.05) is 13.1 Å². The Hall–Kier alpha value is -0.830. The molecule has 2 heterocycles. The van der Waals surface area contributed by atoms with E-state index in [0.717, 1.165) is 17.8 Å². The third-order valence-electron chi connectivity index (χ3n) is 4.43. The summed E-state index contributed by atoms with van der Waals surface area (Å²) in [6, 6.07) is 2.97. The Balaban J connectivity index is 1.70. The smallest absolute Gasteiger partial charge is 0.0664 e. The maximum Gasteiger partial charge on any atom is 0.0664 e. The molecule has 1 aliphatic carbocycles. The maximum atomic E-state index is 4.62. The molecule has 1 saturated carbocycles. The summed E-state index contributed by atoms with van der Waals surface area (Å²) < 4.78 is 2.00. The summed E-state index contributed by atoms with van der Waals surface area (Å²) in [5.41, 5.74) is 2.61. The summed E-state index contributed by atoms with van der Waals surface area (Å²) in [6.45, 7) is 9.29. The first kappa shape index (κ1) is 10.3. The van der Waals surface area contributed by atoms with Crippen molar-refractivity contribution in [3.8, 4) is 0 Å². The molecule has 0 bridgehead atoms. The number of likely N-dealkylation sites (tertiary alicyclic amines) is 1. The molecule has 3 rings (SSSR count). The van der Waals surface area contributed by atoms with Crippen LogP contribution in [0.25, 0.3) is 0 Å². The molecule has 1 aromatic heterocycles. The molecule has 0 N–H and O–H groups in total. The third kappa shape index (κ3) is 1.41. The van der Waals surface area contributed by atoms with E-state index in [0.29, 0.717) is 6.04 Å². The van der Waals surface area contributed by atoms with Gasteiger partial charge in [0.2, 0.25) is 0 Å². The molecule has 1 saturated heterocycles. The van der Waals surface area contributed by atoms with Crippen molar-refractivity contribution in [2.24, 2.45) is 18.9 Å². The molecule has 0 amide bonds. The van der Waals surface area contributed by atoms with E-state index in [1.54, 1.807) is 0 Å². The van der Waals surface area contributed by atoms with Gasteiger partial charge in [-0.2, -0.15) is 5.10 Å². The van der Waals surface area contributed by atoms with Crippen LogP contribution in [0.15, 0.2) is 6.07 Å². The molecule has 2 atom stereocenters. The minimum Gasteiger partial charge on any atom is -0.300 e. The molecule has 0 radical (unpaired) electrons. The van der Waals surface area contributed by atoms with E-state index >= 15 is 0 Å². The summed E-state index contributed by atoms with van der Waals surface area (Å²) in [4.78, 5) is 2.60. The molecule has 2 aliphatic rings. The van der Waals surface area contributed by atoms with Gasteiger partial charge in [-0.3, -0.25) is 4.68 Å². The van der Waals surface area contributed by atoms with Crippen LogP contribution in [-0.4, -0.2) is 33.8 Å². The number of piperidine rings is 1. The molecule has 16 heavy (non-hydrogen) atoms. The number of aromatic nitrogens is 2. The monoisotopic (exact) mass is 219 g/mol. The van der Waals surface area contributed by atoms with Gasteiger partial charge in [0.25, 0.3) is 0 Å². The highest BCUT2D eigenvalue weighted by molar-refractivity contribution is 5.26. The Bertz CT molecular complexity index is 376. The molecule has 3 heteroatoms. The van der Waals surface area contributed by atoms with Crippen molar-refractivity contribution in [1.29, 1.82) is 0 Å². The van der Waals surface area contributed by atoms with Gasteiger partial charge in [-0.1, -0.05) is 0 Å². The summed E-state index contributed by atoms with van der Waals surface area (Å²) >= 11 is 0. The fourth-order valence-corrected chi connectivity index (χ4v) is 3.17. The van der Waals surface area contributed by atoms with Gasteiger partial charge in [-0.25, -0.2) is 0 Å². The Morgan fingerprint density at radius 1 is 1.31 bits per heavy atom. The van der Waals surface area contributed by atoms with Crippen LogP contribution in [0.5, 0.6) is 0 Å². The van der Waals surface area contributed by atoms with E-state index in [2.05, 4.69) is 36.8 Å². The first-order valence-corrected chi connectivity index (χ1v) is 6.32. The lowest BCUT2D eigenvalue weighted by Gasteiger charge is -2.23. The van der Waals surface area contributed by atoms with E-state index in [9.17, 15) is 0 Å². The Labute approximate surface area is 97.4 Å². The van der Waals surface area contributed by atoms with Crippen molar-refractivity contribution in [3.05, 3.63) is 17.5 Å². The Morgan fingerprint density at radius 3 is 2.38 bits per heavy atom. The zero-order valence-electron chi connectivity index (χ0n) is 10.6. The van der Waals surface area contributed by atoms with Crippen LogP contribution in [0.4, 0.5) is 0 Å². The van der Waals surface area contributed by atoms with Gasteiger partial charge in [-0.05, 0) is 38.7 Å². The fraction of sp³-hybridized carbons (Fsp3) is 0.769. The van der Waals surface area contributed by atoms with Crippen LogP contribution in [0.2, 0.25) is 0 Å². The van der Waals surface area contributed by atoms with Gasteiger partial charge >= 0.3 is 0 Å². The number of aryl methyl sites for hydroxylation is 2. The standard InChI is InChI=1S/C13H21N3/c1-8(2)16-6-10-11(7-16)13(10)12-5-9(3)15(4)14-12/h5,8,10-11,13H,6-7H2,1-4H3. The van der Waals surface area contributed by atoms with Gasteiger partial charge < -0.3 is 4.90 Å². The molecular weight excluding hydrogens is 198 g/mol. The number of nitrogens with zero attached hydrogens (tertiary/aromatic N) is 3. The van der Waals surface area contributed by atoms with Crippen molar-refractivity contribution in [2.45, 2.75) is 32.7 Å². The van der Waals surface area contributed by atoms with Crippen LogP contribution in [0, 0.1) is 18.8 Å². The topological polar surface area (TPSA) is 21.1 Å². The van der Waals surface area contributed by atoms with Gasteiger partial charge in [0, 0.05) is 37.8 Å². The molecule has 88 valence electrons. The summed E-state index contributed by atoms with van der Waals surface area (Å²) in [6.07, 6.45) is 0. The molecule has 3 nitrogen and oxygen atoms in total. The van der Waals surface area contributed by atoms with Crippen LogP contribution < -0.4 is 0 Å². The van der Waals surface area contributed by atoms with Gasteiger partial charge in [0.1, 0.15) is 0 Å². The minimum atomic E-state index is 0.707. The van der Waals surface area contributed by atoms with Crippen LogP contribution in [-0.2, 0) is 7.05 Å². The van der Waals surface area contributed by atoms with E-state index in [-0.39, 0.29) is 0 Å². The lowest BCUT2D eigenvalue weighted by atomic mass is 10.1. The highest BCUT2D eigenvalue weighted by atomic mass is 15.3. The second-order valence-corrected chi connectivity index (χ2v) is 5.74. The molecular formula is C13H21N3. The average molecular weight is 219 g/mol. The van der Waals surface area contributed by atoms with Gasteiger partial charge in [0.05, 0.1) is 5.69 Å². The number of hydrogen-bond acceptors (Lipinski definition) is 2. The molecule has 1 aliphatic heterocycles. The summed E-state index contributed by atoms with van der Waals surface area (Å²) in [5.74, 6) is 2.53. The lowest BCUT2D eigenvalue weighted by Crippen LogP contribution is -2.31. The Kier molecular flexibility index (Phi) is 2.15. The fourth-order valence-electron chi connectivity index (χ4n) is 3.17. The van der Waals surface area contributed by atoms with Crippen molar-refractivity contribution < 1.29 is 0 Å². The first-order valence-electron chi connectivity index (χ1n) is 6.32. The van der Waals surface area contributed by atoms with Crippen LogP contribution in [0.3, 0.4) is 0 Å². The zero-order chi connectivity index (χ0) is 11.4. The SMILES string of the molecule is Cc1cc(C2C3CN(C(C)C)CC32)nn1C. The van der Waals surface area contributed by atoms with Crippen LogP contribution >= 0.6 is 0 Å². The highest BCUT2D eigenvalue weighted by Gasteiger charge is 2.57. The average Bonchev–Trinajstić information content (AvgIpc) is 2.57. The minimum absolute atomic E-state index is 0.707. The number of hydrogen-bond donors (Lipinski definition) is 0. The molecule has 0 spiro atoms. The van der Waals surface area contributed by atoms with E-state index in [1.165, 1.54) is 24.5 Å². The van der Waals surface area contributed by atoms with Crippen molar-refractivity contribution in [1.82, 2.24) is 14.7 Å². The van der Waals surface area contributed by atoms with Crippen molar-refractivity contribution >= 4 is 0 Å². The Morgan fingerprint density at radius 2 is 1.94 bits per heavy atom. The maximum absolute atomic E-state index is 4.62. The highest BCUT2D eigenvalue weighted by Crippen LogP contribution is 2.58. The van der Waals surface area contributed by atoms with E-state index in [1.807, 2.05) is 11.7 Å². The summed E-state index contributed by atoms with van der Waals surface area (Å²) in [5, 5.41) is 4.62. The van der Waals surface area contributed by atoms with E-state index in [4.69, 9.17) is 0 Å². The normalized spacial score (nSPS) is 33.4. The summed E-state index contributed by atoms with van der Waals surface area (Å²) in [7, 11) is 2.04. The molecule has 1 aromatic rings. The lowest BCUT2D eigenvalue weighted by molar-refractivity contribution is 0.242. The molecule has 2 unspecified atom stereocenters. The first-order chi connectivity index (χ1) is 7.58. The third-order valence-corrected chi connectivity index (χ3v) is 4.43. The number of fused-ring (bicyclic) bond motifs is 1. The second-order valence-electron chi connectivity index (χ2n) is 5.74. The molecule has 0 aromatic carbocycles.